The molecule has 1 aromatic carbocycles. The molecule has 0 unspecified atom stereocenters. The van der Waals surface area contributed by atoms with Gasteiger partial charge in [-0.15, -0.1) is 34.0 Å². The number of aromatic nitrogens is 1. The minimum absolute atomic E-state index is 0. The molecule has 0 saturated heterocycles. The quantitative estimate of drug-likeness (QED) is 0.850. The molecule has 0 bridgehead atoms. The molecule has 1 aliphatic rings. The second-order valence-corrected chi connectivity index (χ2v) is 4.15. The monoisotopic (exact) mass is 402 g/mol. The van der Waals surface area contributed by atoms with Crippen LogP contribution in [0.1, 0.15) is 11.1 Å². The summed E-state index contributed by atoms with van der Waals surface area (Å²) in [5.74, 6) is 1.66. The molecule has 20 heavy (non-hydrogen) atoms. The maximum Gasteiger partial charge on any atom is 0.231 e. The van der Waals surface area contributed by atoms with E-state index >= 15 is 0 Å². The van der Waals surface area contributed by atoms with Gasteiger partial charge in [0, 0.05) is 25.5 Å². The minimum atomic E-state index is 0. The first-order valence-electron chi connectivity index (χ1n) is 5.90. The Labute approximate surface area is 139 Å². The fourth-order valence-electron chi connectivity index (χ4n) is 1.90. The van der Waals surface area contributed by atoms with Crippen molar-refractivity contribution in [3.8, 4) is 11.5 Å². The lowest BCUT2D eigenvalue weighted by atomic mass is 10.2. The fraction of sp³-hybridized carbons (Fsp3) is 0.214. The van der Waals surface area contributed by atoms with Crippen molar-refractivity contribution in [2.75, 3.05) is 6.79 Å². The SMILES string of the molecule is Br.Br.c1cc(CNCc2ccc3c(c2)OCO3)ccn1. The largest absolute Gasteiger partial charge is 0.454 e. The van der Waals surface area contributed by atoms with E-state index in [1.165, 1.54) is 11.1 Å². The van der Waals surface area contributed by atoms with Gasteiger partial charge in [0.2, 0.25) is 6.79 Å². The number of ether oxygens (including phenoxy) is 2. The molecule has 4 nitrogen and oxygen atoms in total. The lowest BCUT2D eigenvalue weighted by Gasteiger charge is -2.05. The van der Waals surface area contributed by atoms with Crippen molar-refractivity contribution in [1.82, 2.24) is 10.3 Å². The topological polar surface area (TPSA) is 43.4 Å². The summed E-state index contributed by atoms with van der Waals surface area (Å²) in [6, 6.07) is 10.0. The maximum atomic E-state index is 5.35. The van der Waals surface area contributed by atoms with E-state index < -0.39 is 0 Å². The van der Waals surface area contributed by atoms with Crippen LogP contribution >= 0.6 is 34.0 Å². The summed E-state index contributed by atoms with van der Waals surface area (Å²) in [4.78, 5) is 3.99. The Hall–Kier alpha value is -1.11. The highest BCUT2D eigenvalue weighted by Crippen LogP contribution is 2.32. The number of nitrogens with one attached hydrogen (secondary N) is 1. The van der Waals surface area contributed by atoms with Gasteiger partial charge < -0.3 is 14.8 Å². The van der Waals surface area contributed by atoms with Crippen molar-refractivity contribution in [3.63, 3.8) is 0 Å². The van der Waals surface area contributed by atoms with Crippen LogP contribution in [0.5, 0.6) is 11.5 Å². The van der Waals surface area contributed by atoms with E-state index in [0.717, 1.165) is 24.6 Å². The number of benzene rings is 1. The first-order valence-corrected chi connectivity index (χ1v) is 5.90. The summed E-state index contributed by atoms with van der Waals surface area (Å²) in [6.07, 6.45) is 3.61. The molecule has 0 spiro atoms. The minimum Gasteiger partial charge on any atom is -0.454 e. The van der Waals surface area contributed by atoms with E-state index in [9.17, 15) is 0 Å². The zero-order valence-corrected chi connectivity index (χ0v) is 14.2. The number of hydrogen-bond donors (Lipinski definition) is 1. The maximum absolute atomic E-state index is 5.35. The molecular weight excluding hydrogens is 388 g/mol. The van der Waals surface area contributed by atoms with Crippen LogP contribution in [0.25, 0.3) is 0 Å². The molecule has 6 heteroatoms. The molecule has 0 fully saturated rings. The molecular formula is C14H16Br2N2O2. The molecule has 1 aromatic heterocycles. The van der Waals surface area contributed by atoms with Gasteiger partial charge in [-0.25, -0.2) is 0 Å². The van der Waals surface area contributed by atoms with Crippen LogP contribution in [0, 0.1) is 0 Å². The smallest absolute Gasteiger partial charge is 0.231 e. The zero-order valence-electron chi connectivity index (χ0n) is 10.7. The number of rotatable bonds is 4. The number of halogens is 2. The average Bonchev–Trinajstić information content (AvgIpc) is 2.87. The van der Waals surface area contributed by atoms with E-state index in [0.29, 0.717) is 6.79 Å². The predicted octanol–water partition coefficient (Wildman–Crippen LogP) is 3.26. The molecule has 1 aliphatic heterocycles. The van der Waals surface area contributed by atoms with Crippen LogP contribution in [0.3, 0.4) is 0 Å². The highest BCUT2D eigenvalue weighted by atomic mass is 79.9. The van der Waals surface area contributed by atoms with Crippen molar-refractivity contribution in [2.45, 2.75) is 13.1 Å². The van der Waals surface area contributed by atoms with Crippen molar-refractivity contribution in [1.29, 1.82) is 0 Å². The fourth-order valence-corrected chi connectivity index (χ4v) is 1.90. The Morgan fingerprint density at radius 1 is 0.900 bits per heavy atom. The Balaban J connectivity index is 0.000001000. The molecule has 108 valence electrons. The first-order chi connectivity index (χ1) is 8.92. The van der Waals surface area contributed by atoms with E-state index in [1.807, 2.05) is 30.3 Å². The van der Waals surface area contributed by atoms with E-state index in [1.54, 1.807) is 12.4 Å². The Kier molecular flexibility index (Phi) is 6.98. The summed E-state index contributed by atoms with van der Waals surface area (Å²) < 4.78 is 10.6. The molecule has 0 saturated carbocycles. The highest BCUT2D eigenvalue weighted by molar-refractivity contribution is 8.93. The zero-order chi connectivity index (χ0) is 12.2. The van der Waals surface area contributed by atoms with Crippen LogP contribution in [0.4, 0.5) is 0 Å². The molecule has 3 rings (SSSR count). The van der Waals surface area contributed by atoms with Gasteiger partial charge in [0.1, 0.15) is 0 Å². The molecule has 2 aromatic rings. The molecule has 0 aliphatic carbocycles. The second-order valence-electron chi connectivity index (χ2n) is 4.15. The van der Waals surface area contributed by atoms with E-state index in [2.05, 4.69) is 10.3 Å². The number of hydrogen-bond acceptors (Lipinski definition) is 4. The van der Waals surface area contributed by atoms with Crippen molar-refractivity contribution < 1.29 is 9.47 Å². The molecule has 1 N–H and O–H groups in total. The van der Waals surface area contributed by atoms with Crippen LogP contribution in [-0.2, 0) is 13.1 Å². The average molecular weight is 404 g/mol. The lowest BCUT2D eigenvalue weighted by molar-refractivity contribution is 0.174. The lowest BCUT2D eigenvalue weighted by Crippen LogP contribution is -2.12. The van der Waals surface area contributed by atoms with Gasteiger partial charge in [-0.3, -0.25) is 4.98 Å². The Morgan fingerprint density at radius 2 is 1.60 bits per heavy atom. The third kappa shape index (κ3) is 4.19. The van der Waals surface area contributed by atoms with Crippen molar-refractivity contribution in [2.24, 2.45) is 0 Å². The van der Waals surface area contributed by atoms with Crippen LogP contribution in [0.2, 0.25) is 0 Å². The van der Waals surface area contributed by atoms with Gasteiger partial charge in [0.05, 0.1) is 0 Å². The third-order valence-electron chi connectivity index (χ3n) is 2.84. The first kappa shape index (κ1) is 16.9. The van der Waals surface area contributed by atoms with Crippen LogP contribution < -0.4 is 14.8 Å². The van der Waals surface area contributed by atoms with Gasteiger partial charge in [-0.05, 0) is 35.4 Å². The number of nitrogens with zero attached hydrogens (tertiary/aromatic N) is 1. The van der Waals surface area contributed by atoms with Gasteiger partial charge in [-0.2, -0.15) is 0 Å². The summed E-state index contributed by atoms with van der Waals surface area (Å²) in [7, 11) is 0. The molecule has 0 amide bonds. The van der Waals surface area contributed by atoms with Crippen molar-refractivity contribution in [3.05, 3.63) is 53.9 Å². The van der Waals surface area contributed by atoms with Gasteiger partial charge >= 0.3 is 0 Å². The molecule has 0 radical (unpaired) electrons. The van der Waals surface area contributed by atoms with Crippen molar-refractivity contribution >= 4 is 34.0 Å². The van der Waals surface area contributed by atoms with Gasteiger partial charge in [0.15, 0.2) is 11.5 Å². The summed E-state index contributed by atoms with van der Waals surface area (Å²) >= 11 is 0. The van der Waals surface area contributed by atoms with Crippen LogP contribution in [-0.4, -0.2) is 11.8 Å². The second kappa shape index (κ2) is 8.24. The van der Waals surface area contributed by atoms with Gasteiger partial charge in [-0.1, -0.05) is 6.07 Å². The number of fused-ring (bicyclic) bond motifs is 1. The molecule has 0 atom stereocenters. The van der Waals surface area contributed by atoms with E-state index in [4.69, 9.17) is 9.47 Å². The number of pyridine rings is 1. The summed E-state index contributed by atoms with van der Waals surface area (Å²) in [5, 5.41) is 3.38. The summed E-state index contributed by atoms with van der Waals surface area (Å²) in [6.45, 7) is 1.96. The third-order valence-corrected chi connectivity index (χ3v) is 2.84. The highest BCUT2D eigenvalue weighted by Gasteiger charge is 2.12. The predicted molar refractivity (Wildman–Crippen MR) is 88.0 cm³/mol. The van der Waals surface area contributed by atoms with Crippen LogP contribution in [0.15, 0.2) is 42.7 Å². The van der Waals surface area contributed by atoms with E-state index in [-0.39, 0.29) is 34.0 Å². The standard InChI is InChI=1S/C14H14N2O2.2BrH/c1-2-13-14(18-10-17-13)7-12(1)9-16-8-11-3-5-15-6-4-11;;/h1-7,16H,8-10H2;2*1H. The van der Waals surface area contributed by atoms with Gasteiger partial charge in [0.25, 0.3) is 0 Å². The summed E-state index contributed by atoms with van der Waals surface area (Å²) in [5.41, 5.74) is 2.42. The Bertz CT molecular complexity index is 538. The Morgan fingerprint density at radius 3 is 2.40 bits per heavy atom. The molecule has 2 heterocycles. The normalized spacial score (nSPS) is 11.4.